The van der Waals surface area contributed by atoms with Crippen molar-refractivity contribution in [3.8, 4) is 0 Å². The van der Waals surface area contributed by atoms with Crippen molar-refractivity contribution < 1.29 is 14.3 Å². The summed E-state index contributed by atoms with van der Waals surface area (Å²) in [5.74, 6) is 0.452. The van der Waals surface area contributed by atoms with Crippen LogP contribution in [0, 0.1) is 5.92 Å². The van der Waals surface area contributed by atoms with Crippen LogP contribution in [0.3, 0.4) is 0 Å². The van der Waals surface area contributed by atoms with Crippen LogP contribution < -0.4 is 16.0 Å². The Labute approximate surface area is 161 Å². The van der Waals surface area contributed by atoms with Gasteiger partial charge in [0.25, 0.3) is 5.91 Å². The molecule has 0 bridgehead atoms. The molecule has 1 aliphatic rings. The number of ether oxygens (including phenoxy) is 1. The average Bonchev–Trinajstić information content (AvgIpc) is 2.69. The van der Waals surface area contributed by atoms with Crippen LogP contribution >= 0.6 is 0 Å². The average molecular weight is 377 g/mol. The summed E-state index contributed by atoms with van der Waals surface area (Å²) in [4.78, 5) is 26.1. The molecule has 0 saturated carbocycles. The molecule has 27 heavy (non-hydrogen) atoms. The van der Waals surface area contributed by atoms with Gasteiger partial charge in [-0.1, -0.05) is 26.0 Å². The lowest BCUT2D eigenvalue weighted by Gasteiger charge is -2.35. The fourth-order valence-corrected chi connectivity index (χ4v) is 3.22. The number of hydrogen-bond acceptors (Lipinski definition) is 4. The first kappa shape index (κ1) is 21.2. The Kier molecular flexibility index (Phi) is 8.54. The second-order valence-corrected chi connectivity index (χ2v) is 7.27. The predicted molar refractivity (Wildman–Crippen MR) is 106 cm³/mol. The maximum atomic E-state index is 12.2. The number of rotatable bonds is 8. The van der Waals surface area contributed by atoms with E-state index in [1.54, 1.807) is 19.2 Å². The van der Waals surface area contributed by atoms with E-state index < -0.39 is 0 Å². The molecule has 7 heteroatoms. The van der Waals surface area contributed by atoms with Crippen LogP contribution in [0.2, 0.25) is 0 Å². The Morgan fingerprint density at radius 3 is 2.37 bits per heavy atom. The molecule has 7 nitrogen and oxygen atoms in total. The number of carbonyl (C=O) groups is 2. The molecule has 0 aliphatic carbocycles. The van der Waals surface area contributed by atoms with Gasteiger partial charge in [0.15, 0.2) is 0 Å². The van der Waals surface area contributed by atoms with Crippen molar-refractivity contribution in [1.29, 1.82) is 0 Å². The van der Waals surface area contributed by atoms with E-state index in [-0.39, 0.29) is 11.9 Å². The summed E-state index contributed by atoms with van der Waals surface area (Å²) in [7, 11) is 1.60. The van der Waals surface area contributed by atoms with E-state index in [9.17, 15) is 9.59 Å². The summed E-state index contributed by atoms with van der Waals surface area (Å²) in [6.07, 6.45) is 1.04. The van der Waals surface area contributed by atoms with Gasteiger partial charge in [-0.2, -0.15) is 0 Å². The highest BCUT2D eigenvalue weighted by atomic mass is 16.5. The highest BCUT2D eigenvalue weighted by Crippen LogP contribution is 2.13. The third-order valence-electron chi connectivity index (χ3n) is 4.70. The molecular formula is C20H32N4O3. The number of morpholine rings is 1. The summed E-state index contributed by atoms with van der Waals surface area (Å²) in [6, 6.07) is 7.36. The van der Waals surface area contributed by atoms with Crippen molar-refractivity contribution in [3.05, 3.63) is 35.4 Å². The van der Waals surface area contributed by atoms with Crippen LogP contribution in [0.15, 0.2) is 24.3 Å². The zero-order chi connectivity index (χ0) is 19.6. The summed E-state index contributed by atoms with van der Waals surface area (Å²) >= 11 is 0. The van der Waals surface area contributed by atoms with Gasteiger partial charge in [-0.15, -0.1) is 0 Å². The van der Waals surface area contributed by atoms with Gasteiger partial charge in [0.1, 0.15) is 0 Å². The molecule has 1 aliphatic heterocycles. The molecule has 1 saturated heterocycles. The van der Waals surface area contributed by atoms with Crippen LogP contribution in [0.4, 0.5) is 4.79 Å². The van der Waals surface area contributed by atoms with E-state index >= 15 is 0 Å². The van der Waals surface area contributed by atoms with Crippen LogP contribution in [0.5, 0.6) is 0 Å². The van der Waals surface area contributed by atoms with E-state index in [0.717, 1.165) is 38.3 Å². The lowest BCUT2D eigenvalue weighted by Crippen LogP contribution is -2.50. The highest BCUT2D eigenvalue weighted by Gasteiger charge is 2.22. The molecule has 0 aromatic heterocycles. The number of amides is 3. The number of hydrogen-bond donors (Lipinski definition) is 3. The Bertz CT molecular complexity index is 598. The van der Waals surface area contributed by atoms with Crippen LogP contribution in [0.1, 0.15) is 36.2 Å². The van der Waals surface area contributed by atoms with Gasteiger partial charge in [0, 0.05) is 44.8 Å². The number of nitrogens with one attached hydrogen (secondary N) is 3. The van der Waals surface area contributed by atoms with Gasteiger partial charge in [-0.25, -0.2) is 4.79 Å². The molecule has 150 valence electrons. The van der Waals surface area contributed by atoms with Gasteiger partial charge < -0.3 is 20.7 Å². The second-order valence-electron chi connectivity index (χ2n) is 7.27. The van der Waals surface area contributed by atoms with Crippen LogP contribution in [-0.2, 0) is 11.3 Å². The normalized spacial score (nSPS) is 16.0. The SMILES string of the molecule is CNC(=O)c1ccc(CNC(=O)NCC(CC(C)C)N2CCOCC2)cc1. The molecule has 1 aromatic rings. The maximum Gasteiger partial charge on any atom is 0.315 e. The van der Waals surface area contributed by atoms with Crippen molar-refractivity contribution in [2.45, 2.75) is 32.9 Å². The zero-order valence-electron chi connectivity index (χ0n) is 16.6. The predicted octanol–water partition coefficient (Wildman–Crippen LogP) is 1.59. The van der Waals surface area contributed by atoms with E-state index in [1.165, 1.54) is 0 Å². The van der Waals surface area contributed by atoms with Crippen LogP contribution in [-0.4, -0.2) is 62.8 Å². The Balaban J connectivity index is 1.78. The van der Waals surface area contributed by atoms with Gasteiger partial charge in [0.05, 0.1) is 13.2 Å². The van der Waals surface area contributed by atoms with Gasteiger partial charge in [0.2, 0.25) is 0 Å². The second kappa shape index (κ2) is 10.9. The van der Waals surface area contributed by atoms with Crippen LogP contribution in [0.25, 0.3) is 0 Å². The monoisotopic (exact) mass is 376 g/mol. The summed E-state index contributed by atoms with van der Waals surface area (Å²) in [5, 5.41) is 8.47. The van der Waals surface area contributed by atoms with E-state index in [1.807, 2.05) is 12.1 Å². The molecule has 1 atom stereocenters. The zero-order valence-corrected chi connectivity index (χ0v) is 16.6. The van der Waals surface area contributed by atoms with E-state index in [4.69, 9.17) is 4.74 Å². The fraction of sp³-hybridized carbons (Fsp3) is 0.600. The van der Waals surface area contributed by atoms with Crippen molar-refractivity contribution in [3.63, 3.8) is 0 Å². The molecule has 1 heterocycles. The molecule has 1 fully saturated rings. The standard InChI is InChI=1S/C20H32N4O3/c1-15(2)12-18(24-8-10-27-11-9-24)14-23-20(26)22-13-16-4-6-17(7-5-16)19(25)21-3/h4-7,15,18H,8-14H2,1-3H3,(H,21,25)(H2,22,23,26). The van der Waals surface area contributed by atoms with Crippen molar-refractivity contribution in [2.24, 2.45) is 5.92 Å². The highest BCUT2D eigenvalue weighted by molar-refractivity contribution is 5.93. The number of benzene rings is 1. The molecule has 3 amide bonds. The van der Waals surface area contributed by atoms with E-state index in [0.29, 0.717) is 30.6 Å². The smallest absolute Gasteiger partial charge is 0.315 e. The van der Waals surface area contributed by atoms with Crippen molar-refractivity contribution in [1.82, 2.24) is 20.9 Å². The number of urea groups is 1. The van der Waals surface area contributed by atoms with Gasteiger partial charge in [-0.3, -0.25) is 9.69 Å². The van der Waals surface area contributed by atoms with Gasteiger partial charge in [-0.05, 0) is 30.0 Å². The van der Waals surface area contributed by atoms with Gasteiger partial charge >= 0.3 is 6.03 Å². The minimum Gasteiger partial charge on any atom is -0.379 e. The number of nitrogens with zero attached hydrogens (tertiary/aromatic N) is 1. The first-order valence-corrected chi connectivity index (χ1v) is 9.64. The minimum absolute atomic E-state index is 0.119. The van der Waals surface area contributed by atoms with E-state index in [2.05, 4.69) is 34.7 Å². The summed E-state index contributed by atoms with van der Waals surface area (Å²) in [6.45, 7) is 8.80. The largest absolute Gasteiger partial charge is 0.379 e. The number of carbonyl (C=O) groups excluding carboxylic acids is 2. The summed E-state index contributed by atoms with van der Waals surface area (Å²) < 4.78 is 5.43. The topological polar surface area (TPSA) is 82.7 Å². The quantitative estimate of drug-likeness (QED) is 0.643. The first-order chi connectivity index (χ1) is 13.0. The molecule has 1 aromatic carbocycles. The Morgan fingerprint density at radius 1 is 1.11 bits per heavy atom. The molecule has 3 N–H and O–H groups in total. The minimum atomic E-state index is -0.174. The summed E-state index contributed by atoms with van der Waals surface area (Å²) in [5.41, 5.74) is 1.55. The molecule has 1 unspecified atom stereocenters. The lowest BCUT2D eigenvalue weighted by atomic mass is 10.0. The Hall–Kier alpha value is -2.12. The third-order valence-corrected chi connectivity index (χ3v) is 4.70. The fourth-order valence-electron chi connectivity index (χ4n) is 3.22. The molecule has 0 radical (unpaired) electrons. The Morgan fingerprint density at radius 2 is 1.78 bits per heavy atom. The maximum absolute atomic E-state index is 12.2. The molecular weight excluding hydrogens is 344 g/mol. The van der Waals surface area contributed by atoms with Crippen molar-refractivity contribution in [2.75, 3.05) is 39.9 Å². The third kappa shape index (κ3) is 7.19. The molecule has 2 rings (SSSR count). The first-order valence-electron chi connectivity index (χ1n) is 9.64. The molecule has 0 spiro atoms. The lowest BCUT2D eigenvalue weighted by molar-refractivity contribution is 0.0129. The van der Waals surface area contributed by atoms with Crippen molar-refractivity contribution >= 4 is 11.9 Å².